The number of benzene rings is 2. The summed E-state index contributed by atoms with van der Waals surface area (Å²) in [6, 6.07) is 15.2. The molecule has 0 saturated carbocycles. The Labute approximate surface area is 180 Å². The molecule has 0 aliphatic heterocycles. The predicted molar refractivity (Wildman–Crippen MR) is 121 cm³/mol. The number of carbonyl (C=O) groups excluding carboxylic acids is 1. The lowest BCUT2D eigenvalue weighted by atomic mass is 10.2. The van der Waals surface area contributed by atoms with Crippen LogP contribution in [0, 0.1) is 20.8 Å². The van der Waals surface area contributed by atoms with E-state index in [9.17, 15) is 4.79 Å². The van der Waals surface area contributed by atoms with Gasteiger partial charge in [0.05, 0.1) is 23.5 Å². The van der Waals surface area contributed by atoms with Crippen molar-refractivity contribution in [2.75, 3.05) is 11.9 Å². The number of nitrogens with one attached hydrogen (secondary N) is 2. The van der Waals surface area contributed by atoms with E-state index in [-0.39, 0.29) is 12.5 Å². The molecule has 0 unspecified atom stereocenters. The highest BCUT2D eigenvalue weighted by Crippen LogP contribution is 2.28. The van der Waals surface area contributed by atoms with Crippen molar-refractivity contribution in [1.29, 1.82) is 0 Å². The zero-order chi connectivity index (χ0) is 21.0. The van der Waals surface area contributed by atoms with Gasteiger partial charge in [0, 0.05) is 27.7 Å². The summed E-state index contributed by atoms with van der Waals surface area (Å²) < 4.78 is 2.03. The predicted octanol–water partition coefficient (Wildman–Crippen LogP) is 5.27. The van der Waals surface area contributed by atoms with Crippen LogP contribution in [0.1, 0.15) is 22.5 Å². The van der Waals surface area contributed by atoms with Gasteiger partial charge in [0.1, 0.15) is 0 Å². The topological polar surface area (TPSA) is 58.4 Å². The molecule has 0 aliphatic rings. The molecule has 7 heteroatoms. The molecule has 5 nitrogen and oxygen atoms in total. The second kappa shape index (κ2) is 9.16. The molecule has 2 N–H and O–H groups in total. The Kier molecular flexibility index (Phi) is 6.62. The van der Waals surface area contributed by atoms with Crippen molar-refractivity contribution in [3.05, 3.63) is 81.1 Å². The van der Waals surface area contributed by atoms with Gasteiger partial charge in [-0.15, -0.1) is 0 Å². The van der Waals surface area contributed by atoms with Crippen molar-refractivity contribution < 1.29 is 4.79 Å². The van der Waals surface area contributed by atoms with Gasteiger partial charge in [-0.25, -0.2) is 5.43 Å². The number of aryl methyl sites for hydroxylation is 2. The maximum atomic E-state index is 12.0. The number of hydrogen-bond acceptors (Lipinski definition) is 3. The van der Waals surface area contributed by atoms with Crippen LogP contribution in [0.25, 0.3) is 5.69 Å². The van der Waals surface area contributed by atoms with Gasteiger partial charge in [-0.3, -0.25) is 4.79 Å². The molecular weight excluding hydrogens is 407 g/mol. The molecular formula is C22H22Cl2N4O. The van der Waals surface area contributed by atoms with E-state index in [2.05, 4.69) is 15.8 Å². The first-order valence-electron chi connectivity index (χ1n) is 9.12. The van der Waals surface area contributed by atoms with Gasteiger partial charge in [-0.05, 0) is 57.2 Å². The van der Waals surface area contributed by atoms with Crippen LogP contribution < -0.4 is 10.7 Å². The van der Waals surface area contributed by atoms with Crippen molar-refractivity contribution in [3.8, 4) is 5.69 Å². The Hall–Kier alpha value is -2.76. The molecule has 29 heavy (non-hydrogen) atoms. The number of amides is 1. The molecule has 0 saturated heterocycles. The Morgan fingerprint density at radius 3 is 2.48 bits per heavy atom. The largest absolute Gasteiger partial charge is 0.376 e. The minimum atomic E-state index is -0.226. The number of halogens is 2. The molecule has 3 aromatic rings. The first-order chi connectivity index (χ1) is 13.8. The second-order valence-electron chi connectivity index (χ2n) is 6.77. The summed E-state index contributed by atoms with van der Waals surface area (Å²) in [5, 5.41) is 8.30. The molecule has 0 radical (unpaired) electrons. The van der Waals surface area contributed by atoms with E-state index in [0.29, 0.717) is 10.0 Å². The summed E-state index contributed by atoms with van der Waals surface area (Å²) >= 11 is 12.4. The van der Waals surface area contributed by atoms with Crippen LogP contribution in [0.15, 0.2) is 53.6 Å². The molecule has 1 amide bonds. The lowest BCUT2D eigenvalue weighted by Crippen LogP contribution is -2.25. The van der Waals surface area contributed by atoms with E-state index >= 15 is 0 Å². The summed E-state index contributed by atoms with van der Waals surface area (Å²) in [5.74, 6) is -0.226. The highest BCUT2D eigenvalue weighted by molar-refractivity contribution is 6.35. The van der Waals surface area contributed by atoms with Crippen molar-refractivity contribution in [2.45, 2.75) is 20.8 Å². The van der Waals surface area contributed by atoms with Crippen molar-refractivity contribution in [1.82, 2.24) is 9.99 Å². The van der Waals surface area contributed by atoms with E-state index in [1.165, 1.54) is 5.56 Å². The van der Waals surface area contributed by atoms with Crippen molar-refractivity contribution >= 4 is 41.0 Å². The van der Waals surface area contributed by atoms with E-state index < -0.39 is 0 Å². The number of hydrogen-bond donors (Lipinski definition) is 2. The van der Waals surface area contributed by atoms with Crippen LogP contribution in [0.2, 0.25) is 10.0 Å². The maximum absolute atomic E-state index is 12.0. The van der Waals surface area contributed by atoms with Crippen LogP contribution >= 0.6 is 23.2 Å². The van der Waals surface area contributed by atoms with Crippen LogP contribution in [0.3, 0.4) is 0 Å². The number of rotatable bonds is 6. The Morgan fingerprint density at radius 1 is 1.07 bits per heavy atom. The first-order valence-corrected chi connectivity index (χ1v) is 9.87. The van der Waals surface area contributed by atoms with E-state index in [1.807, 2.05) is 61.7 Å². The number of carbonyl (C=O) groups is 1. The number of nitrogens with zero attached hydrogens (tertiary/aromatic N) is 2. The summed E-state index contributed by atoms with van der Waals surface area (Å²) in [4.78, 5) is 12.0. The molecule has 0 aliphatic carbocycles. The first kappa shape index (κ1) is 21.0. The third-order valence-corrected chi connectivity index (χ3v) is 5.06. The molecule has 1 aromatic heterocycles. The normalized spacial score (nSPS) is 11.1. The Morgan fingerprint density at radius 2 is 1.79 bits per heavy atom. The zero-order valence-corrected chi connectivity index (χ0v) is 18.0. The summed E-state index contributed by atoms with van der Waals surface area (Å²) in [6.07, 6.45) is 1.63. The fraction of sp³-hybridized carbons (Fsp3) is 0.182. The lowest BCUT2D eigenvalue weighted by molar-refractivity contribution is -0.119. The molecule has 2 aromatic carbocycles. The van der Waals surface area contributed by atoms with Crippen LogP contribution in [0.5, 0.6) is 0 Å². The quantitative estimate of drug-likeness (QED) is 0.414. The van der Waals surface area contributed by atoms with Gasteiger partial charge >= 0.3 is 0 Å². The molecule has 3 rings (SSSR count). The average Bonchev–Trinajstić information content (AvgIpc) is 2.95. The second-order valence-corrected chi connectivity index (χ2v) is 7.61. The fourth-order valence-corrected chi connectivity index (χ4v) is 3.51. The molecule has 150 valence electrons. The molecule has 0 atom stereocenters. The smallest absolute Gasteiger partial charge is 0.259 e. The van der Waals surface area contributed by atoms with Gasteiger partial charge < -0.3 is 9.88 Å². The van der Waals surface area contributed by atoms with Gasteiger partial charge in [0.2, 0.25) is 0 Å². The number of hydrazone groups is 1. The van der Waals surface area contributed by atoms with Crippen molar-refractivity contribution in [3.63, 3.8) is 0 Å². The van der Waals surface area contributed by atoms with Crippen LogP contribution in [-0.4, -0.2) is 23.2 Å². The average molecular weight is 429 g/mol. The van der Waals surface area contributed by atoms with Gasteiger partial charge in [0.15, 0.2) is 0 Å². The third kappa shape index (κ3) is 5.19. The van der Waals surface area contributed by atoms with Gasteiger partial charge in [-0.1, -0.05) is 40.9 Å². The standard InChI is InChI=1S/C22H22Cl2N4O/c1-14-4-7-19(8-5-14)25-13-22(29)27-26-12-17-10-15(2)28(16(17)3)21-9-6-18(23)11-20(21)24/h4-12,25H,13H2,1-3H3,(H,27,29)/b26-12-. The van der Waals surface area contributed by atoms with Gasteiger partial charge in [-0.2, -0.15) is 5.10 Å². The van der Waals surface area contributed by atoms with Crippen LogP contribution in [0.4, 0.5) is 5.69 Å². The van der Waals surface area contributed by atoms with Gasteiger partial charge in [0.25, 0.3) is 5.91 Å². The molecule has 0 spiro atoms. The number of aromatic nitrogens is 1. The maximum Gasteiger partial charge on any atom is 0.259 e. The third-order valence-electron chi connectivity index (χ3n) is 4.52. The highest BCUT2D eigenvalue weighted by Gasteiger charge is 2.12. The number of anilines is 1. The molecule has 1 heterocycles. The molecule has 0 bridgehead atoms. The Bertz CT molecular complexity index is 1060. The van der Waals surface area contributed by atoms with E-state index in [4.69, 9.17) is 23.2 Å². The minimum Gasteiger partial charge on any atom is -0.376 e. The summed E-state index contributed by atoms with van der Waals surface area (Å²) in [7, 11) is 0. The monoisotopic (exact) mass is 428 g/mol. The summed E-state index contributed by atoms with van der Waals surface area (Å²) in [6.45, 7) is 6.11. The van der Waals surface area contributed by atoms with Crippen LogP contribution in [-0.2, 0) is 4.79 Å². The minimum absolute atomic E-state index is 0.139. The highest BCUT2D eigenvalue weighted by atomic mass is 35.5. The molecule has 0 fully saturated rings. The summed E-state index contributed by atoms with van der Waals surface area (Å²) in [5.41, 5.74) is 8.29. The Balaban J connectivity index is 1.65. The zero-order valence-electron chi connectivity index (χ0n) is 16.5. The lowest BCUT2D eigenvalue weighted by Gasteiger charge is -2.11. The van der Waals surface area contributed by atoms with Crippen molar-refractivity contribution in [2.24, 2.45) is 5.10 Å². The SMILES string of the molecule is Cc1ccc(NCC(=O)N/N=C\c2cc(C)n(-c3ccc(Cl)cc3Cl)c2C)cc1. The van der Waals surface area contributed by atoms with E-state index in [0.717, 1.165) is 28.3 Å². The van der Waals surface area contributed by atoms with E-state index in [1.54, 1.807) is 18.3 Å². The fourth-order valence-electron chi connectivity index (χ4n) is 3.02.